The Kier molecular flexibility index (Phi) is 2.44. The zero-order chi connectivity index (χ0) is 7.56. The van der Waals surface area contributed by atoms with E-state index in [2.05, 4.69) is 6.92 Å². The van der Waals surface area contributed by atoms with E-state index in [-0.39, 0.29) is 11.9 Å². The Morgan fingerprint density at radius 1 is 1.70 bits per heavy atom. The summed E-state index contributed by atoms with van der Waals surface area (Å²) in [6, 6.07) is 0. The molecule has 1 unspecified atom stereocenters. The first-order valence-electron chi connectivity index (χ1n) is 3.88. The molecule has 0 radical (unpaired) electrons. The van der Waals surface area contributed by atoms with E-state index in [1.54, 1.807) is 0 Å². The van der Waals surface area contributed by atoms with Crippen LogP contribution in [-0.4, -0.2) is 18.5 Å². The summed E-state index contributed by atoms with van der Waals surface area (Å²) in [5.74, 6) is 0.818. The zero-order valence-corrected chi connectivity index (χ0v) is 6.59. The molecule has 0 bridgehead atoms. The van der Waals surface area contributed by atoms with Crippen molar-refractivity contribution in [2.45, 2.75) is 32.8 Å². The van der Waals surface area contributed by atoms with Gasteiger partial charge in [-0.25, -0.2) is 0 Å². The van der Waals surface area contributed by atoms with Gasteiger partial charge in [0.25, 0.3) is 0 Å². The summed E-state index contributed by atoms with van der Waals surface area (Å²) in [5.41, 5.74) is 0. The molecule has 0 aromatic carbocycles. The van der Waals surface area contributed by atoms with Crippen molar-refractivity contribution in [3.05, 3.63) is 0 Å². The molecule has 0 aromatic heterocycles. The third kappa shape index (κ3) is 1.57. The molecule has 1 rings (SSSR count). The minimum absolute atomic E-state index is 0.0833. The van der Waals surface area contributed by atoms with E-state index in [1.807, 2.05) is 6.92 Å². The highest BCUT2D eigenvalue weighted by atomic mass is 16.5. The highest BCUT2D eigenvalue weighted by Crippen LogP contribution is 2.23. The molecule has 0 aromatic rings. The second-order valence-electron chi connectivity index (χ2n) is 2.96. The number of rotatable bonds is 2. The summed E-state index contributed by atoms with van der Waals surface area (Å²) in [6.45, 7) is 4.68. The first-order valence-corrected chi connectivity index (χ1v) is 3.88. The van der Waals surface area contributed by atoms with Crippen molar-refractivity contribution in [3.63, 3.8) is 0 Å². The van der Waals surface area contributed by atoms with Crippen molar-refractivity contribution in [2.24, 2.45) is 5.92 Å². The Labute approximate surface area is 61.6 Å². The average Bonchev–Trinajstić information content (AvgIpc) is 2.13. The first-order chi connectivity index (χ1) is 4.74. The van der Waals surface area contributed by atoms with Crippen LogP contribution in [-0.2, 0) is 9.53 Å². The lowest BCUT2D eigenvalue weighted by molar-refractivity contribution is -0.127. The number of hydrogen-bond acceptors (Lipinski definition) is 2. The van der Waals surface area contributed by atoms with Gasteiger partial charge in [0.1, 0.15) is 6.10 Å². The molecular weight excluding hydrogens is 128 g/mol. The second kappa shape index (κ2) is 3.15. The van der Waals surface area contributed by atoms with Gasteiger partial charge in [-0.15, -0.1) is 0 Å². The van der Waals surface area contributed by atoms with Gasteiger partial charge in [-0.05, 0) is 19.3 Å². The van der Waals surface area contributed by atoms with Gasteiger partial charge in [-0.2, -0.15) is 0 Å². The molecule has 0 spiro atoms. The summed E-state index contributed by atoms with van der Waals surface area (Å²) in [7, 11) is 0. The quantitative estimate of drug-likeness (QED) is 0.582. The van der Waals surface area contributed by atoms with Crippen LogP contribution in [0.15, 0.2) is 0 Å². The Balaban J connectivity index is 2.39. The predicted molar refractivity (Wildman–Crippen MR) is 38.8 cm³/mol. The fourth-order valence-electron chi connectivity index (χ4n) is 1.42. The predicted octanol–water partition coefficient (Wildman–Crippen LogP) is 1.39. The van der Waals surface area contributed by atoms with E-state index in [9.17, 15) is 4.79 Å². The number of hydrogen-bond donors (Lipinski definition) is 0. The monoisotopic (exact) mass is 142 g/mol. The molecule has 2 nitrogen and oxygen atoms in total. The van der Waals surface area contributed by atoms with Crippen molar-refractivity contribution >= 4 is 5.78 Å². The average molecular weight is 142 g/mol. The highest BCUT2D eigenvalue weighted by molar-refractivity contribution is 5.85. The first kappa shape index (κ1) is 7.73. The van der Waals surface area contributed by atoms with Crippen LogP contribution >= 0.6 is 0 Å². The van der Waals surface area contributed by atoms with E-state index >= 15 is 0 Å². The van der Waals surface area contributed by atoms with Gasteiger partial charge in [0.2, 0.25) is 0 Å². The van der Waals surface area contributed by atoms with Gasteiger partial charge in [0, 0.05) is 13.0 Å². The summed E-state index contributed by atoms with van der Waals surface area (Å²) < 4.78 is 5.24. The van der Waals surface area contributed by atoms with Crippen molar-refractivity contribution < 1.29 is 9.53 Å². The normalized spacial score (nSPS) is 33.2. The van der Waals surface area contributed by atoms with Crippen LogP contribution in [0.1, 0.15) is 26.7 Å². The lowest BCUT2D eigenvalue weighted by atomic mass is 10.1. The Morgan fingerprint density at radius 2 is 2.40 bits per heavy atom. The summed E-state index contributed by atoms with van der Waals surface area (Å²) in [5, 5.41) is 0. The van der Waals surface area contributed by atoms with Crippen LogP contribution in [0, 0.1) is 5.92 Å². The molecule has 2 heteroatoms. The lowest BCUT2D eigenvalue weighted by Crippen LogP contribution is -2.17. The fraction of sp³-hybridized carbons (Fsp3) is 0.875. The topological polar surface area (TPSA) is 26.3 Å². The molecule has 0 N–H and O–H groups in total. The Hall–Kier alpha value is -0.370. The van der Waals surface area contributed by atoms with Crippen molar-refractivity contribution in [2.75, 3.05) is 6.61 Å². The molecule has 0 amide bonds. The van der Waals surface area contributed by atoms with Gasteiger partial charge >= 0.3 is 0 Å². The third-order valence-electron chi connectivity index (χ3n) is 1.89. The second-order valence-corrected chi connectivity index (χ2v) is 2.96. The Bertz CT molecular complexity index is 131. The van der Waals surface area contributed by atoms with Gasteiger partial charge in [0.15, 0.2) is 5.78 Å². The Morgan fingerprint density at radius 3 is 2.80 bits per heavy atom. The summed E-state index contributed by atoms with van der Waals surface area (Å²) in [4.78, 5) is 11.0. The highest BCUT2D eigenvalue weighted by Gasteiger charge is 2.29. The maximum Gasteiger partial charge on any atom is 0.161 e. The largest absolute Gasteiger partial charge is 0.371 e. The molecule has 0 heterocycles. The van der Waals surface area contributed by atoms with Gasteiger partial charge in [-0.1, -0.05) is 6.92 Å². The molecular formula is C8H14O2. The van der Waals surface area contributed by atoms with Crippen LogP contribution in [0.2, 0.25) is 0 Å². The number of Topliss-reactive ketones (excluding diaryl/α,β-unsaturated/α-hetero) is 1. The van der Waals surface area contributed by atoms with Crippen LogP contribution in [0.25, 0.3) is 0 Å². The number of carbonyl (C=O) groups excluding carboxylic acids is 1. The van der Waals surface area contributed by atoms with Crippen LogP contribution < -0.4 is 0 Å². The molecule has 2 atom stereocenters. The lowest BCUT2D eigenvalue weighted by Gasteiger charge is -2.06. The van der Waals surface area contributed by atoms with E-state index in [4.69, 9.17) is 4.74 Å². The van der Waals surface area contributed by atoms with Crippen LogP contribution in [0.3, 0.4) is 0 Å². The number of ether oxygens (including phenoxy) is 1. The maximum absolute atomic E-state index is 11.0. The molecule has 0 saturated heterocycles. The number of ketones is 1. The van der Waals surface area contributed by atoms with Crippen molar-refractivity contribution in [1.82, 2.24) is 0 Å². The van der Waals surface area contributed by atoms with E-state index in [1.165, 1.54) is 0 Å². The molecule has 1 fully saturated rings. The van der Waals surface area contributed by atoms with Gasteiger partial charge in [-0.3, -0.25) is 4.79 Å². The van der Waals surface area contributed by atoms with Crippen LogP contribution in [0.5, 0.6) is 0 Å². The van der Waals surface area contributed by atoms with E-state index in [0.717, 1.165) is 6.42 Å². The fourth-order valence-corrected chi connectivity index (χ4v) is 1.42. The van der Waals surface area contributed by atoms with Crippen molar-refractivity contribution in [3.8, 4) is 0 Å². The molecule has 1 aliphatic rings. The molecule has 58 valence electrons. The van der Waals surface area contributed by atoms with E-state index < -0.39 is 0 Å². The SMILES string of the molecule is CCO[C@H]1CC(C)CC1=O. The summed E-state index contributed by atoms with van der Waals surface area (Å²) >= 11 is 0. The maximum atomic E-state index is 11.0. The molecule has 0 aliphatic heterocycles. The van der Waals surface area contributed by atoms with Crippen LogP contribution in [0.4, 0.5) is 0 Å². The summed E-state index contributed by atoms with van der Waals surface area (Å²) in [6.07, 6.45) is 1.55. The molecule has 1 aliphatic carbocycles. The smallest absolute Gasteiger partial charge is 0.161 e. The van der Waals surface area contributed by atoms with E-state index in [0.29, 0.717) is 18.9 Å². The standard InChI is InChI=1S/C8H14O2/c1-3-10-8-5-6(2)4-7(8)9/h6,8H,3-5H2,1-2H3/t6?,8-/m0/s1. The van der Waals surface area contributed by atoms with Crippen molar-refractivity contribution in [1.29, 1.82) is 0 Å². The zero-order valence-electron chi connectivity index (χ0n) is 6.59. The number of carbonyl (C=O) groups is 1. The molecule has 1 saturated carbocycles. The molecule has 10 heavy (non-hydrogen) atoms. The minimum atomic E-state index is -0.0833. The third-order valence-corrected chi connectivity index (χ3v) is 1.89. The minimum Gasteiger partial charge on any atom is -0.371 e. The van der Waals surface area contributed by atoms with Gasteiger partial charge in [0.05, 0.1) is 0 Å². The van der Waals surface area contributed by atoms with Gasteiger partial charge < -0.3 is 4.74 Å².